The number of rotatable bonds is 3. The van der Waals surface area contributed by atoms with Crippen LogP contribution in [0, 0.1) is 11.8 Å². The van der Waals surface area contributed by atoms with Gasteiger partial charge in [0.2, 0.25) is 0 Å². The Kier molecular flexibility index (Phi) is 8.59. The first-order valence-electron chi connectivity index (χ1n) is 9.32. The highest BCUT2D eigenvalue weighted by molar-refractivity contribution is 6.03. The van der Waals surface area contributed by atoms with E-state index in [2.05, 4.69) is 6.58 Å². The van der Waals surface area contributed by atoms with E-state index in [1.54, 1.807) is 19.9 Å². The number of ketones is 1. The van der Waals surface area contributed by atoms with Crippen molar-refractivity contribution in [3.63, 3.8) is 0 Å². The van der Waals surface area contributed by atoms with Crippen molar-refractivity contribution in [2.45, 2.75) is 58.7 Å². The maximum atomic E-state index is 12.7. The molecule has 1 heterocycles. The van der Waals surface area contributed by atoms with Gasteiger partial charge in [-0.25, -0.2) is 0 Å². The van der Waals surface area contributed by atoms with Gasteiger partial charge in [-0.3, -0.25) is 9.59 Å². The number of hydrogen-bond donors (Lipinski definition) is 3. The average molecular weight is 380 g/mol. The summed E-state index contributed by atoms with van der Waals surface area (Å²) in [5, 5.41) is 30.0. The van der Waals surface area contributed by atoms with Crippen LogP contribution in [-0.4, -0.2) is 52.0 Å². The van der Waals surface area contributed by atoms with Gasteiger partial charge in [-0.15, -0.1) is 0 Å². The van der Waals surface area contributed by atoms with Gasteiger partial charge in [-0.2, -0.15) is 0 Å². The second kappa shape index (κ2) is 9.97. The Morgan fingerprint density at radius 2 is 1.93 bits per heavy atom. The molecule has 0 aromatic heterocycles. The molecule has 0 aromatic carbocycles. The second-order valence-electron chi connectivity index (χ2n) is 7.52. The van der Waals surface area contributed by atoms with Crippen molar-refractivity contribution in [1.29, 1.82) is 0 Å². The van der Waals surface area contributed by atoms with Crippen molar-refractivity contribution in [3.8, 4) is 0 Å². The van der Waals surface area contributed by atoms with Gasteiger partial charge in [0.25, 0.3) is 0 Å². The van der Waals surface area contributed by atoms with E-state index in [9.17, 15) is 24.9 Å². The summed E-state index contributed by atoms with van der Waals surface area (Å²) in [6.45, 7) is 9.84. The van der Waals surface area contributed by atoms with E-state index in [0.29, 0.717) is 18.4 Å². The van der Waals surface area contributed by atoms with E-state index >= 15 is 0 Å². The number of carbonyl (C=O) groups is 2. The van der Waals surface area contributed by atoms with Crippen molar-refractivity contribution >= 4 is 11.8 Å². The normalized spacial score (nSPS) is 35.5. The topological polar surface area (TPSA) is 104 Å². The summed E-state index contributed by atoms with van der Waals surface area (Å²) < 4.78 is 5.43. The van der Waals surface area contributed by atoms with Crippen molar-refractivity contribution in [1.82, 2.24) is 0 Å². The number of cyclic esters (lactones) is 1. The standard InChI is InChI=1S/C21H32O6/c1-6-18-17(11-22)9-14(3)7-13(2)8-15(4)10-21(26,12-23)19(24)16(5)20(25)27-18/h8-9,13,16,18,22-23,26H,3,6-7,10-12H2,1-2,4-5H3/b15-8-,17-9-/t13-,16+,18-,21-/m0/s1. The molecule has 1 aliphatic heterocycles. The van der Waals surface area contributed by atoms with E-state index in [4.69, 9.17) is 4.74 Å². The van der Waals surface area contributed by atoms with Crippen LogP contribution in [0.15, 0.2) is 35.5 Å². The zero-order chi connectivity index (χ0) is 20.8. The molecule has 1 aliphatic rings. The van der Waals surface area contributed by atoms with Crippen LogP contribution in [0.1, 0.15) is 47.0 Å². The Balaban J connectivity index is 3.37. The lowest BCUT2D eigenvalue weighted by molar-refractivity contribution is -0.162. The number of carbonyl (C=O) groups excluding carboxylic acids is 2. The first-order chi connectivity index (χ1) is 12.6. The fourth-order valence-electron chi connectivity index (χ4n) is 3.43. The number of hydrogen-bond acceptors (Lipinski definition) is 6. The molecule has 4 atom stereocenters. The highest BCUT2D eigenvalue weighted by Crippen LogP contribution is 2.26. The third kappa shape index (κ3) is 6.13. The third-order valence-electron chi connectivity index (χ3n) is 4.81. The van der Waals surface area contributed by atoms with Crippen LogP contribution in [0.25, 0.3) is 0 Å². The fourth-order valence-corrected chi connectivity index (χ4v) is 3.43. The zero-order valence-corrected chi connectivity index (χ0v) is 16.7. The smallest absolute Gasteiger partial charge is 0.316 e. The van der Waals surface area contributed by atoms with E-state index in [-0.39, 0.29) is 18.9 Å². The molecule has 0 amide bonds. The van der Waals surface area contributed by atoms with E-state index in [1.165, 1.54) is 6.92 Å². The number of ether oxygens (including phenoxy) is 1. The van der Waals surface area contributed by atoms with Gasteiger partial charge in [-0.1, -0.05) is 43.7 Å². The van der Waals surface area contributed by atoms with E-state index in [0.717, 1.165) is 11.1 Å². The van der Waals surface area contributed by atoms with Crippen LogP contribution in [0.3, 0.4) is 0 Å². The monoisotopic (exact) mass is 380 g/mol. The molecule has 0 saturated carbocycles. The SMILES string of the molecule is C=C1/C=C(/CO)[C@H](CC)OC(=O)[C@H](C)C(=O)[C@@](O)(CO)C/C(C)=C\[C@@H](C)C1. The first-order valence-corrected chi connectivity index (χ1v) is 9.32. The minimum atomic E-state index is -2.04. The summed E-state index contributed by atoms with van der Waals surface area (Å²) in [4.78, 5) is 25.1. The van der Waals surface area contributed by atoms with Gasteiger partial charge in [0.1, 0.15) is 12.0 Å². The Morgan fingerprint density at radius 1 is 1.30 bits per heavy atom. The summed E-state index contributed by atoms with van der Waals surface area (Å²) in [7, 11) is 0. The molecule has 0 saturated heterocycles. The molecule has 0 spiro atoms. The first kappa shape index (κ1) is 23.3. The number of aliphatic hydroxyl groups is 3. The third-order valence-corrected chi connectivity index (χ3v) is 4.81. The lowest BCUT2D eigenvalue weighted by Gasteiger charge is -2.29. The van der Waals surface area contributed by atoms with Crippen molar-refractivity contribution < 1.29 is 29.6 Å². The lowest BCUT2D eigenvalue weighted by Crippen LogP contribution is -2.48. The molecule has 0 aromatic rings. The van der Waals surface area contributed by atoms with Gasteiger partial charge < -0.3 is 20.1 Å². The molecule has 0 bridgehead atoms. The predicted octanol–water partition coefficient (Wildman–Crippen LogP) is 2.09. The molecule has 0 unspecified atom stereocenters. The molecule has 6 heteroatoms. The number of Topliss-reactive ketones (excluding diaryl/α,β-unsaturated/α-hetero) is 1. The molecular formula is C21H32O6. The molecule has 3 N–H and O–H groups in total. The van der Waals surface area contributed by atoms with Crippen LogP contribution in [0.2, 0.25) is 0 Å². The average Bonchev–Trinajstić information content (AvgIpc) is 2.61. The van der Waals surface area contributed by atoms with Crippen LogP contribution < -0.4 is 0 Å². The summed E-state index contributed by atoms with van der Waals surface area (Å²) in [5.41, 5.74) is -0.0192. The molecule has 0 radical (unpaired) electrons. The van der Waals surface area contributed by atoms with Crippen LogP contribution in [-0.2, 0) is 14.3 Å². The highest BCUT2D eigenvalue weighted by atomic mass is 16.5. The summed E-state index contributed by atoms with van der Waals surface area (Å²) >= 11 is 0. The summed E-state index contributed by atoms with van der Waals surface area (Å²) in [5.74, 6) is -2.74. The molecule has 0 aliphatic carbocycles. The molecule has 27 heavy (non-hydrogen) atoms. The van der Waals surface area contributed by atoms with Gasteiger partial charge in [-0.05, 0) is 38.2 Å². The Hall–Kier alpha value is -1.76. The Labute approximate surface area is 161 Å². The van der Waals surface area contributed by atoms with Gasteiger partial charge in [0, 0.05) is 6.42 Å². The lowest BCUT2D eigenvalue weighted by atomic mass is 9.84. The molecule has 1 rings (SSSR count). The maximum Gasteiger partial charge on any atom is 0.316 e. The molecular weight excluding hydrogens is 348 g/mol. The van der Waals surface area contributed by atoms with Crippen LogP contribution >= 0.6 is 0 Å². The van der Waals surface area contributed by atoms with Crippen LogP contribution in [0.5, 0.6) is 0 Å². The Bertz CT molecular complexity index is 633. The second-order valence-corrected chi connectivity index (χ2v) is 7.52. The van der Waals surface area contributed by atoms with E-state index < -0.39 is 36.0 Å². The minimum Gasteiger partial charge on any atom is -0.457 e. The summed E-state index contributed by atoms with van der Waals surface area (Å²) in [6.07, 6.45) is 3.93. The van der Waals surface area contributed by atoms with Gasteiger partial charge >= 0.3 is 5.97 Å². The zero-order valence-electron chi connectivity index (χ0n) is 16.7. The quantitative estimate of drug-likeness (QED) is 0.393. The highest BCUT2D eigenvalue weighted by Gasteiger charge is 2.42. The summed E-state index contributed by atoms with van der Waals surface area (Å²) in [6, 6.07) is 0. The maximum absolute atomic E-state index is 12.7. The number of esters is 1. The minimum absolute atomic E-state index is 0.0638. The predicted molar refractivity (Wildman–Crippen MR) is 103 cm³/mol. The van der Waals surface area contributed by atoms with Gasteiger partial charge in [0.15, 0.2) is 11.4 Å². The van der Waals surface area contributed by atoms with Crippen LogP contribution in [0.4, 0.5) is 0 Å². The molecule has 0 fully saturated rings. The van der Waals surface area contributed by atoms with Crippen molar-refractivity contribution in [2.24, 2.45) is 11.8 Å². The Morgan fingerprint density at radius 3 is 2.44 bits per heavy atom. The number of allylic oxidation sites excluding steroid dienone is 3. The van der Waals surface area contributed by atoms with E-state index in [1.807, 2.05) is 13.0 Å². The largest absolute Gasteiger partial charge is 0.457 e. The van der Waals surface area contributed by atoms with Crippen molar-refractivity contribution in [2.75, 3.05) is 13.2 Å². The van der Waals surface area contributed by atoms with Gasteiger partial charge in [0.05, 0.1) is 13.2 Å². The fraction of sp³-hybridized carbons (Fsp3) is 0.619. The number of aliphatic hydroxyl groups excluding tert-OH is 2. The van der Waals surface area contributed by atoms with Crippen molar-refractivity contribution in [3.05, 3.63) is 35.5 Å². The molecule has 152 valence electrons. The molecule has 6 nitrogen and oxygen atoms in total.